The third kappa shape index (κ3) is 2.85. The Morgan fingerprint density at radius 3 is 2.36 bits per heavy atom. The topological polar surface area (TPSA) is 46.2 Å². The lowest BCUT2D eigenvalue weighted by atomic mass is 10.2. The monoisotopic (exact) mass is 211 g/mol. The molecule has 74 valence electrons. The molecule has 0 saturated carbocycles. The summed E-state index contributed by atoms with van der Waals surface area (Å²) in [7, 11) is 0. The maximum absolute atomic E-state index is 11.4. The number of carbonyl (C=O) groups is 2. The summed E-state index contributed by atoms with van der Waals surface area (Å²) in [5.74, 6) is -0.299. The van der Waals surface area contributed by atoms with Gasteiger partial charge in [0.15, 0.2) is 0 Å². The molecular formula is C10H10ClNO2. The molecule has 0 radical (unpaired) electrons. The molecule has 1 atom stereocenters. The first kappa shape index (κ1) is 10.7. The van der Waals surface area contributed by atoms with Gasteiger partial charge in [0, 0.05) is 5.56 Å². The molecule has 0 aromatic heterocycles. The minimum atomic E-state index is -0.663. The number of benzene rings is 1. The molecule has 14 heavy (non-hydrogen) atoms. The molecule has 1 N–H and O–H groups in total. The number of rotatable bonds is 3. The SMILES string of the molecule is C[C@H](NC(=O)c1ccccc1)C(=O)Cl. The van der Waals surface area contributed by atoms with Gasteiger partial charge in [0.05, 0.1) is 0 Å². The Morgan fingerprint density at radius 1 is 1.29 bits per heavy atom. The van der Waals surface area contributed by atoms with Crippen LogP contribution in [0.4, 0.5) is 0 Å². The first-order valence-corrected chi connectivity index (χ1v) is 4.54. The van der Waals surface area contributed by atoms with Crippen LogP contribution in [0.1, 0.15) is 17.3 Å². The first-order chi connectivity index (χ1) is 6.61. The maximum Gasteiger partial charge on any atom is 0.251 e. The van der Waals surface area contributed by atoms with Crippen LogP contribution in [0.5, 0.6) is 0 Å². The van der Waals surface area contributed by atoms with Gasteiger partial charge < -0.3 is 5.32 Å². The Labute approximate surface area is 87.1 Å². The van der Waals surface area contributed by atoms with E-state index in [1.165, 1.54) is 6.92 Å². The van der Waals surface area contributed by atoms with E-state index in [0.29, 0.717) is 5.56 Å². The Bertz CT molecular complexity index is 337. The first-order valence-electron chi connectivity index (χ1n) is 4.16. The summed E-state index contributed by atoms with van der Waals surface area (Å²) >= 11 is 5.21. The summed E-state index contributed by atoms with van der Waals surface area (Å²) < 4.78 is 0. The molecule has 1 rings (SSSR count). The van der Waals surface area contributed by atoms with Crippen molar-refractivity contribution in [2.75, 3.05) is 0 Å². The molecule has 0 bridgehead atoms. The van der Waals surface area contributed by atoms with Crippen LogP contribution in [0.25, 0.3) is 0 Å². The van der Waals surface area contributed by atoms with Crippen LogP contribution < -0.4 is 5.32 Å². The van der Waals surface area contributed by atoms with E-state index in [9.17, 15) is 9.59 Å². The molecule has 3 nitrogen and oxygen atoms in total. The zero-order chi connectivity index (χ0) is 10.6. The summed E-state index contributed by atoms with van der Waals surface area (Å²) in [6, 6.07) is 7.99. The number of hydrogen-bond acceptors (Lipinski definition) is 2. The van der Waals surface area contributed by atoms with Gasteiger partial charge in [-0.15, -0.1) is 0 Å². The Hall–Kier alpha value is -1.35. The van der Waals surface area contributed by atoms with Crippen LogP contribution in [0.15, 0.2) is 30.3 Å². The predicted octanol–water partition coefficient (Wildman–Crippen LogP) is 1.57. The van der Waals surface area contributed by atoms with Crippen molar-refractivity contribution in [1.82, 2.24) is 5.32 Å². The summed E-state index contributed by atoms with van der Waals surface area (Å²) in [5.41, 5.74) is 0.511. The molecule has 0 aliphatic rings. The smallest absolute Gasteiger partial charge is 0.251 e. The molecule has 1 aromatic carbocycles. The lowest BCUT2D eigenvalue weighted by Gasteiger charge is -2.08. The second-order valence-electron chi connectivity index (χ2n) is 2.87. The molecule has 0 spiro atoms. The van der Waals surface area contributed by atoms with Crippen molar-refractivity contribution in [3.63, 3.8) is 0 Å². The van der Waals surface area contributed by atoms with Crippen molar-refractivity contribution in [2.24, 2.45) is 0 Å². The molecule has 1 aromatic rings. The van der Waals surface area contributed by atoms with Gasteiger partial charge in [-0.05, 0) is 30.7 Å². The van der Waals surface area contributed by atoms with Crippen LogP contribution >= 0.6 is 11.6 Å². The molecule has 1 amide bonds. The number of halogens is 1. The molecule has 0 saturated heterocycles. The van der Waals surface area contributed by atoms with Gasteiger partial charge in [-0.2, -0.15) is 0 Å². The van der Waals surface area contributed by atoms with Crippen LogP contribution in [-0.4, -0.2) is 17.2 Å². The largest absolute Gasteiger partial charge is 0.341 e. The van der Waals surface area contributed by atoms with Crippen LogP contribution in [0, 0.1) is 0 Å². The van der Waals surface area contributed by atoms with E-state index in [0.717, 1.165) is 0 Å². The quantitative estimate of drug-likeness (QED) is 0.772. The lowest BCUT2D eigenvalue weighted by molar-refractivity contribution is -0.113. The molecular weight excluding hydrogens is 202 g/mol. The minimum Gasteiger partial charge on any atom is -0.341 e. The number of amides is 1. The summed E-state index contributed by atoms with van der Waals surface area (Å²) in [6.07, 6.45) is 0. The fraction of sp³-hybridized carbons (Fsp3) is 0.200. The number of carbonyl (C=O) groups excluding carboxylic acids is 2. The third-order valence-electron chi connectivity index (χ3n) is 1.72. The van der Waals surface area contributed by atoms with Crippen molar-refractivity contribution in [2.45, 2.75) is 13.0 Å². The van der Waals surface area contributed by atoms with Gasteiger partial charge in [-0.3, -0.25) is 9.59 Å². The summed E-state index contributed by atoms with van der Waals surface area (Å²) in [5, 5.41) is 1.90. The zero-order valence-corrected chi connectivity index (χ0v) is 8.41. The van der Waals surface area contributed by atoms with Gasteiger partial charge in [0.2, 0.25) is 5.24 Å². The van der Waals surface area contributed by atoms with Crippen molar-refractivity contribution in [3.05, 3.63) is 35.9 Å². The highest BCUT2D eigenvalue weighted by Gasteiger charge is 2.13. The van der Waals surface area contributed by atoms with Crippen molar-refractivity contribution >= 4 is 22.8 Å². The van der Waals surface area contributed by atoms with E-state index >= 15 is 0 Å². The Kier molecular flexibility index (Phi) is 3.65. The number of nitrogens with one attached hydrogen (secondary N) is 1. The van der Waals surface area contributed by atoms with Gasteiger partial charge in [-0.25, -0.2) is 0 Å². The normalized spacial score (nSPS) is 11.9. The number of hydrogen-bond donors (Lipinski definition) is 1. The molecule has 0 aliphatic heterocycles. The van der Waals surface area contributed by atoms with E-state index in [1.807, 2.05) is 6.07 Å². The van der Waals surface area contributed by atoms with Gasteiger partial charge >= 0.3 is 0 Å². The molecule has 4 heteroatoms. The minimum absolute atomic E-state index is 0.299. The molecule has 0 heterocycles. The second kappa shape index (κ2) is 4.77. The second-order valence-corrected chi connectivity index (χ2v) is 3.24. The average molecular weight is 212 g/mol. The highest BCUT2D eigenvalue weighted by molar-refractivity contribution is 6.64. The fourth-order valence-electron chi connectivity index (χ4n) is 0.926. The van der Waals surface area contributed by atoms with E-state index in [1.54, 1.807) is 24.3 Å². The van der Waals surface area contributed by atoms with Crippen LogP contribution in [-0.2, 0) is 4.79 Å². The van der Waals surface area contributed by atoms with Gasteiger partial charge in [-0.1, -0.05) is 18.2 Å². The maximum atomic E-state index is 11.4. The molecule has 0 aliphatic carbocycles. The van der Waals surface area contributed by atoms with E-state index in [2.05, 4.69) is 5.32 Å². The molecule has 0 unspecified atom stereocenters. The van der Waals surface area contributed by atoms with E-state index in [-0.39, 0.29) is 5.91 Å². The van der Waals surface area contributed by atoms with Crippen LogP contribution in [0.2, 0.25) is 0 Å². The Balaban J connectivity index is 2.64. The summed E-state index contributed by atoms with van der Waals surface area (Å²) in [4.78, 5) is 22.1. The summed E-state index contributed by atoms with van der Waals surface area (Å²) in [6.45, 7) is 1.54. The highest BCUT2D eigenvalue weighted by Crippen LogP contribution is 1.99. The van der Waals surface area contributed by atoms with Crippen LogP contribution in [0.3, 0.4) is 0 Å². The third-order valence-corrected chi connectivity index (χ3v) is 2.05. The van der Waals surface area contributed by atoms with Gasteiger partial charge in [0.25, 0.3) is 5.91 Å². The highest BCUT2D eigenvalue weighted by atomic mass is 35.5. The zero-order valence-electron chi connectivity index (χ0n) is 7.66. The predicted molar refractivity (Wildman–Crippen MR) is 54.2 cm³/mol. The average Bonchev–Trinajstić information content (AvgIpc) is 2.19. The fourth-order valence-corrected chi connectivity index (χ4v) is 0.981. The molecule has 0 fully saturated rings. The van der Waals surface area contributed by atoms with E-state index in [4.69, 9.17) is 11.6 Å². The van der Waals surface area contributed by atoms with Crippen molar-refractivity contribution in [3.8, 4) is 0 Å². The van der Waals surface area contributed by atoms with Crippen molar-refractivity contribution < 1.29 is 9.59 Å². The van der Waals surface area contributed by atoms with E-state index < -0.39 is 11.3 Å². The lowest BCUT2D eigenvalue weighted by Crippen LogP contribution is -2.36. The van der Waals surface area contributed by atoms with Gasteiger partial charge in [0.1, 0.15) is 6.04 Å². The Morgan fingerprint density at radius 2 is 1.86 bits per heavy atom. The standard InChI is InChI=1S/C10H10ClNO2/c1-7(9(11)13)12-10(14)8-5-3-2-4-6-8/h2-7H,1H3,(H,12,14)/t7-/m0/s1. The van der Waals surface area contributed by atoms with Crippen molar-refractivity contribution in [1.29, 1.82) is 0 Å².